The van der Waals surface area contributed by atoms with E-state index in [1.54, 1.807) is 6.92 Å². The zero-order chi connectivity index (χ0) is 13.9. The second-order valence-corrected chi connectivity index (χ2v) is 7.71. The highest BCUT2D eigenvalue weighted by Gasteiger charge is 2.30. The topological polar surface area (TPSA) is 76.3 Å². The van der Waals surface area contributed by atoms with E-state index in [9.17, 15) is 8.42 Å². The molecule has 0 saturated heterocycles. The van der Waals surface area contributed by atoms with Gasteiger partial charge in [-0.15, -0.1) is 11.3 Å². The van der Waals surface area contributed by atoms with Gasteiger partial charge in [-0.3, -0.25) is 0 Å². The van der Waals surface area contributed by atoms with Gasteiger partial charge in [-0.05, 0) is 13.3 Å². The van der Waals surface area contributed by atoms with E-state index in [4.69, 9.17) is 18.0 Å². The summed E-state index contributed by atoms with van der Waals surface area (Å²) in [7, 11) is -1.99. The van der Waals surface area contributed by atoms with E-state index < -0.39 is 15.3 Å². The van der Waals surface area contributed by atoms with Crippen LogP contribution in [0.4, 0.5) is 0 Å². The molecule has 8 heteroatoms. The highest BCUT2D eigenvalue weighted by Crippen LogP contribution is 2.16. The van der Waals surface area contributed by atoms with Crippen LogP contribution in [0, 0.1) is 6.92 Å². The van der Waals surface area contributed by atoms with Gasteiger partial charge in [-0.25, -0.2) is 13.4 Å². The quantitative estimate of drug-likeness (QED) is 0.801. The van der Waals surface area contributed by atoms with Crippen molar-refractivity contribution < 1.29 is 8.42 Å². The van der Waals surface area contributed by atoms with Crippen molar-refractivity contribution in [2.45, 2.75) is 32.1 Å². The molecule has 1 aromatic heterocycles. The van der Waals surface area contributed by atoms with E-state index in [0.29, 0.717) is 6.42 Å². The summed E-state index contributed by atoms with van der Waals surface area (Å²) in [4.78, 5) is 4.26. The number of rotatable bonds is 6. The minimum Gasteiger partial charge on any atom is -0.392 e. The first-order valence-corrected chi connectivity index (χ1v) is 8.23. The maximum absolute atomic E-state index is 12.2. The third kappa shape index (κ3) is 3.47. The molecule has 0 spiro atoms. The zero-order valence-electron chi connectivity index (χ0n) is 10.6. The standard InChI is InChI=1S/C10H17N3O2S3/c1-4-9(10(11)16)18(14,15)13(3)5-8-6-17-7(2)12-8/h6,9H,4-5H2,1-3H3,(H2,11,16). The average molecular weight is 307 g/mol. The second kappa shape index (κ2) is 6.05. The number of thiazole rings is 1. The van der Waals surface area contributed by atoms with Crippen molar-refractivity contribution in [2.75, 3.05) is 7.05 Å². The number of nitrogens with zero attached hydrogens (tertiary/aromatic N) is 2. The van der Waals surface area contributed by atoms with Gasteiger partial charge in [0, 0.05) is 12.4 Å². The molecule has 1 aromatic rings. The van der Waals surface area contributed by atoms with Gasteiger partial charge in [0.1, 0.15) is 5.25 Å². The molecule has 1 rings (SSSR count). The molecule has 18 heavy (non-hydrogen) atoms. The van der Waals surface area contributed by atoms with Crippen molar-refractivity contribution in [1.82, 2.24) is 9.29 Å². The van der Waals surface area contributed by atoms with E-state index in [1.165, 1.54) is 22.7 Å². The molecule has 0 radical (unpaired) electrons. The van der Waals surface area contributed by atoms with Crippen molar-refractivity contribution in [2.24, 2.45) is 5.73 Å². The third-order valence-electron chi connectivity index (χ3n) is 2.53. The van der Waals surface area contributed by atoms with E-state index in [1.807, 2.05) is 12.3 Å². The number of hydrogen-bond donors (Lipinski definition) is 1. The second-order valence-electron chi connectivity index (χ2n) is 3.96. The van der Waals surface area contributed by atoms with Crippen LogP contribution in [0.15, 0.2) is 5.38 Å². The molecule has 1 atom stereocenters. The molecule has 0 fully saturated rings. The number of aromatic nitrogens is 1. The van der Waals surface area contributed by atoms with Crippen LogP contribution >= 0.6 is 23.6 Å². The molecule has 0 aromatic carbocycles. The van der Waals surface area contributed by atoms with Gasteiger partial charge < -0.3 is 5.73 Å². The molecule has 5 nitrogen and oxygen atoms in total. The minimum absolute atomic E-state index is 0.0128. The normalized spacial score (nSPS) is 13.8. The van der Waals surface area contributed by atoms with Gasteiger partial charge >= 0.3 is 0 Å². The Morgan fingerprint density at radius 2 is 2.28 bits per heavy atom. The average Bonchev–Trinajstić information content (AvgIpc) is 2.63. The highest BCUT2D eigenvalue weighted by atomic mass is 32.2. The number of aryl methyl sites for hydroxylation is 1. The molecule has 0 bridgehead atoms. The van der Waals surface area contributed by atoms with Gasteiger partial charge in [0.05, 0.1) is 22.2 Å². The van der Waals surface area contributed by atoms with E-state index in [-0.39, 0.29) is 11.5 Å². The van der Waals surface area contributed by atoms with Crippen LogP contribution in [0.3, 0.4) is 0 Å². The van der Waals surface area contributed by atoms with Crippen LogP contribution < -0.4 is 5.73 Å². The summed E-state index contributed by atoms with van der Waals surface area (Å²) in [6.07, 6.45) is 0.373. The molecule has 0 amide bonds. The highest BCUT2D eigenvalue weighted by molar-refractivity contribution is 7.92. The number of sulfonamides is 1. The Morgan fingerprint density at radius 1 is 1.67 bits per heavy atom. The van der Waals surface area contributed by atoms with Crippen molar-refractivity contribution >= 4 is 38.6 Å². The fourth-order valence-corrected chi connectivity index (χ4v) is 4.17. The molecule has 2 N–H and O–H groups in total. The summed E-state index contributed by atoms with van der Waals surface area (Å²) in [6.45, 7) is 3.88. The zero-order valence-corrected chi connectivity index (χ0v) is 13.0. The van der Waals surface area contributed by atoms with Crippen LogP contribution in [-0.4, -0.2) is 35.0 Å². The summed E-state index contributed by atoms with van der Waals surface area (Å²) < 4.78 is 25.8. The van der Waals surface area contributed by atoms with E-state index in [0.717, 1.165) is 10.7 Å². The Bertz CT molecular complexity index is 524. The largest absolute Gasteiger partial charge is 0.392 e. The SMILES string of the molecule is CCC(C(N)=S)S(=O)(=O)N(C)Cc1csc(C)n1. The van der Waals surface area contributed by atoms with Gasteiger partial charge in [0.15, 0.2) is 0 Å². The van der Waals surface area contributed by atoms with Crippen molar-refractivity contribution in [3.05, 3.63) is 16.1 Å². The maximum atomic E-state index is 12.2. The van der Waals surface area contributed by atoms with Crippen LogP contribution in [0.2, 0.25) is 0 Å². The van der Waals surface area contributed by atoms with Gasteiger partial charge in [0.25, 0.3) is 0 Å². The molecular weight excluding hydrogens is 290 g/mol. The van der Waals surface area contributed by atoms with Gasteiger partial charge in [0.2, 0.25) is 10.0 Å². The predicted octanol–water partition coefficient (Wildman–Crippen LogP) is 1.28. The minimum atomic E-state index is -3.51. The van der Waals surface area contributed by atoms with E-state index in [2.05, 4.69) is 4.98 Å². The van der Waals surface area contributed by atoms with Crippen molar-refractivity contribution in [1.29, 1.82) is 0 Å². The smallest absolute Gasteiger partial charge is 0.223 e. The first-order chi connectivity index (χ1) is 8.28. The number of thiocarbonyl (C=S) groups is 1. The van der Waals surface area contributed by atoms with Crippen LogP contribution in [0.1, 0.15) is 24.0 Å². The molecular formula is C10H17N3O2S3. The first kappa shape index (κ1) is 15.5. The third-order valence-corrected chi connectivity index (χ3v) is 6.09. The van der Waals surface area contributed by atoms with Crippen molar-refractivity contribution in [3.8, 4) is 0 Å². The summed E-state index contributed by atoms with van der Waals surface area (Å²) in [5, 5.41) is 1.96. The number of hydrogen-bond acceptors (Lipinski definition) is 5. The predicted molar refractivity (Wildman–Crippen MR) is 78.1 cm³/mol. The molecule has 1 heterocycles. The fraction of sp³-hybridized carbons (Fsp3) is 0.600. The lowest BCUT2D eigenvalue weighted by Gasteiger charge is -2.22. The van der Waals surface area contributed by atoms with Crippen molar-refractivity contribution in [3.63, 3.8) is 0 Å². The lowest BCUT2D eigenvalue weighted by Crippen LogP contribution is -2.42. The molecule has 0 saturated carbocycles. The maximum Gasteiger partial charge on any atom is 0.223 e. The molecule has 1 unspecified atom stereocenters. The van der Waals surface area contributed by atoms with Gasteiger partial charge in [-0.2, -0.15) is 4.31 Å². The van der Waals surface area contributed by atoms with E-state index >= 15 is 0 Å². The Hall–Kier alpha value is -0.570. The lowest BCUT2D eigenvalue weighted by molar-refractivity contribution is 0.458. The Balaban J connectivity index is 2.88. The number of nitrogens with two attached hydrogens (primary N) is 1. The first-order valence-electron chi connectivity index (χ1n) is 5.44. The summed E-state index contributed by atoms with van der Waals surface area (Å²) in [5.41, 5.74) is 6.22. The van der Waals surface area contributed by atoms with Crippen LogP contribution in [0.5, 0.6) is 0 Å². The van der Waals surface area contributed by atoms with Gasteiger partial charge in [-0.1, -0.05) is 19.1 Å². The summed E-state index contributed by atoms with van der Waals surface area (Å²) >= 11 is 6.30. The Morgan fingerprint density at radius 3 is 2.67 bits per heavy atom. The van der Waals surface area contributed by atoms with Crippen LogP contribution in [-0.2, 0) is 16.6 Å². The molecule has 0 aliphatic heterocycles. The molecule has 102 valence electrons. The summed E-state index contributed by atoms with van der Waals surface area (Å²) in [5.74, 6) is 0. The Labute approximate surface area is 117 Å². The molecule has 0 aliphatic carbocycles. The fourth-order valence-electron chi connectivity index (χ4n) is 1.57. The monoisotopic (exact) mass is 307 g/mol. The summed E-state index contributed by atoms with van der Waals surface area (Å²) in [6, 6.07) is 0. The van der Waals surface area contributed by atoms with Crippen LogP contribution in [0.25, 0.3) is 0 Å². The Kier molecular flexibility index (Phi) is 5.20. The lowest BCUT2D eigenvalue weighted by atomic mass is 10.3. The molecule has 0 aliphatic rings.